The zero-order chi connectivity index (χ0) is 9.60. The summed E-state index contributed by atoms with van der Waals surface area (Å²) < 4.78 is 5.28. The summed E-state index contributed by atoms with van der Waals surface area (Å²) >= 11 is 0. The number of nitrogens with zero attached hydrogens (tertiary/aromatic N) is 1. The first-order valence-electron chi connectivity index (χ1n) is 4.45. The van der Waals surface area contributed by atoms with Crippen LogP contribution in [0.25, 0.3) is 0 Å². The van der Waals surface area contributed by atoms with Crippen molar-refractivity contribution in [2.75, 3.05) is 18.4 Å². The lowest BCUT2D eigenvalue weighted by Gasteiger charge is -2.44. The van der Waals surface area contributed by atoms with Crippen molar-refractivity contribution in [1.82, 2.24) is 10.3 Å². The summed E-state index contributed by atoms with van der Waals surface area (Å²) in [5, 5.41) is 5.75. The standard InChI is InChI=1S/C9H9N3O2/c13-8-12-7-1-2-10-3-6(7)9(14-8)4-11-5-9/h1-3,11H,4-5H2,(H,12,13). The summed E-state index contributed by atoms with van der Waals surface area (Å²) in [6, 6.07) is 1.79. The van der Waals surface area contributed by atoms with E-state index >= 15 is 0 Å². The number of carbonyl (C=O) groups is 1. The van der Waals surface area contributed by atoms with Crippen LogP contribution in [0.4, 0.5) is 10.5 Å². The molecule has 3 rings (SSSR count). The lowest BCUT2D eigenvalue weighted by molar-refractivity contribution is -0.0299. The van der Waals surface area contributed by atoms with Crippen molar-refractivity contribution >= 4 is 11.8 Å². The Morgan fingerprint density at radius 1 is 1.50 bits per heavy atom. The van der Waals surface area contributed by atoms with E-state index in [1.165, 1.54) is 0 Å². The highest BCUT2D eigenvalue weighted by molar-refractivity contribution is 5.88. The highest BCUT2D eigenvalue weighted by atomic mass is 16.6. The molecule has 1 fully saturated rings. The third-order valence-corrected chi connectivity index (χ3v) is 2.66. The van der Waals surface area contributed by atoms with Crippen LogP contribution in [-0.2, 0) is 10.3 Å². The minimum atomic E-state index is -0.480. The van der Waals surface area contributed by atoms with E-state index in [1.807, 2.05) is 0 Å². The monoisotopic (exact) mass is 191 g/mol. The van der Waals surface area contributed by atoms with Crippen molar-refractivity contribution < 1.29 is 9.53 Å². The minimum Gasteiger partial charge on any atom is -0.435 e. The fraction of sp³-hybridized carbons (Fsp3) is 0.333. The van der Waals surface area contributed by atoms with Crippen LogP contribution in [0.2, 0.25) is 0 Å². The molecule has 3 heterocycles. The minimum absolute atomic E-state index is 0.384. The van der Waals surface area contributed by atoms with Gasteiger partial charge in [-0.2, -0.15) is 0 Å². The fourth-order valence-corrected chi connectivity index (χ4v) is 1.85. The maximum Gasteiger partial charge on any atom is 0.412 e. The molecule has 0 unspecified atom stereocenters. The summed E-state index contributed by atoms with van der Waals surface area (Å²) in [7, 11) is 0. The maximum absolute atomic E-state index is 11.3. The zero-order valence-corrected chi connectivity index (χ0v) is 7.41. The Bertz CT molecular complexity index is 401. The number of hydrogen-bond donors (Lipinski definition) is 2. The van der Waals surface area contributed by atoms with Crippen LogP contribution < -0.4 is 10.6 Å². The first-order chi connectivity index (χ1) is 6.80. The second-order valence-corrected chi connectivity index (χ2v) is 3.53. The predicted molar refractivity (Wildman–Crippen MR) is 48.9 cm³/mol. The molecule has 0 aliphatic carbocycles. The number of nitrogens with one attached hydrogen (secondary N) is 2. The maximum atomic E-state index is 11.3. The van der Waals surface area contributed by atoms with E-state index in [2.05, 4.69) is 15.6 Å². The van der Waals surface area contributed by atoms with Crippen LogP contribution in [0, 0.1) is 0 Å². The Hall–Kier alpha value is -1.62. The molecule has 0 bridgehead atoms. The quantitative estimate of drug-likeness (QED) is 0.624. The summed E-state index contributed by atoms with van der Waals surface area (Å²) in [4.78, 5) is 15.3. The van der Waals surface area contributed by atoms with Gasteiger partial charge >= 0.3 is 6.09 Å². The molecule has 1 spiro atoms. The van der Waals surface area contributed by atoms with Gasteiger partial charge in [0.25, 0.3) is 0 Å². The Kier molecular flexibility index (Phi) is 1.36. The summed E-state index contributed by atoms with van der Waals surface area (Å²) in [6.45, 7) is 1.33. The molecule has 72 valence electrons. The van der Waals surface area contributed by atoms with Crippen molar-refractivity contribution in [3.05, 3.63) is 24.0 Å². The van der Waals surface area contributed by atoms with Gasteiger partial charge in [0.1, 0.15) is 0 Å². The molecule has 1 aromatic rings. The third kappa shape index (κ3) is 0.871. The number of anilines is 1. The number of amides is 1. The molecule has 0 atom stereocenters. The topological polar surface area (TPSA) is 63.2 Å². The Balaban J connectivity index is 2.14. The first-order valence-corrected chi connectivity index (χ1v) is 4.45. The van der Waals surface area contributed by atoms with Crippen molar-refractivity contribution in [2.45, 2.75) is 5.60 Å². The van der Waals surface area contributed by atoms with Crippen LogP contribution in [-0.4, -0.2) is 24.2 Å². The van der Waals surface area contributed by atoms with E-state index in [-0.39, 0.29) is 6.09 Å². The van der Waals surface area contributed by atoms with Crippen molar-refractivity contribution in [1.29, 1.82) is 0 Å². The second kappa shape index (κ2) is 2.45. The van der Waals surface area contributed by atoms with Crippen molar-refractivity contribution in [3.8, 4) is 0 Å². The van der Waals surface area contributed by atoms with E-state index < -0.39 is 5.60 Å². The summed E-state index contributed by atoms with van der Waals surface area (Å²) in [6.07, 6.45) is 3.02. The molecule has 5 nitrogen and oxygen atoms in total. The average molecular weight is 191 g/mol. The molecule has 1 saturated heterocycles. The molecule has 0 aromatic carbocycles. The lowest BCUT2D eigenvalue weighted by Crippen LogP contribution is -2.61. The van der Waals surface area contributed by atoms with Gasteiger partial charge in [0, 0.05) is 31.0 Å². The van der Waals surface area contributed by atoms with E-state index in [0.29, 0.717) is 13.1 Å². The SMILES string of the molecule is O=C1Nc2ccncc2C2(CNC2)O1. The number of rotatable bonds is 0. The molecule has 0 saturated carbocycles. The second-order valence-electron chi connectivity index (χ2n) is 3.53. The lowest BCUT2D eigenvalue weighted by atomic mass is 9.87. The van der Waals surface area contributed by atoms with Gasteiger partial charge in [-0.15, -0.1) is 0 Å². The van der Waals surface area contributed by atoms with Crippen LogP contribution in [0.5, 0.6) is 0 Å². The van der Waals surface area contributed by atoms with Gasteiger partial charge in [0.05, 0.1) is 5.69 Å². The summed E-state index contributed by atoms with van der Waals surface area (Å²) in [5.74, 6) is 0. The zero-order valence-electron chi connectivity index (χ0n) is 7.41. The molecule has 2 aliphatic rings. The van der Waals surface area contributed by atoms with E-state index in [0.717, 1.165) is 11.3 Å². The van der Waals surface area contributed by atoms with Gasteiger partial charge in [0.15, 0.2) is 5.60 Å². The highest BCUT2D eigenvalue weighted by Crippen LogP contribution is 2.37. The van der Waals surface area contributed by atoms with Gasteiger partial charge < -0.3 is 10.1 Å². The van der Waals surface area contributed by atoms with Crippen LogP contribution in [0.15, 0.2) is 18.5 Å². The van der Waals surface area contributed by atoms with Gasteiger partial charge in [0.2, 0.25) is 0 Å². The molecule has 2 N–H and O–H groups in total. The van der Waals surface area contributed by atoms with Crippen molar-refractivity contribution in [3.63, 3.8) is 0 Å². The molecular formula is C9H9N3O2. The van der Waals surface area contributed by atoms with E-state index in [9.17, 15) is 4.79 Å². The summed E-state index contributed by atoms with van der Waals surface area (Å²) in [5.41, 5.74) is 1.28. The van der Waals surface area contributed by atoms with Crippen LogP contribution >= 0.6 is 0 Å². The molecular weight excluding hydrogens is 182 g/mol. The fourth-order valence-electron chi connectivity index (χ4n) is 1.85. The van der Waals surface area contributed by atoms with Gasteiger partial charge in [-0.05, 0) is 6.07 Å². The van der Waals surface area contributed by atoms with E-state index in [4.69, 9.17) is 4.74 Å². The Morgan fingerprint density at radius 2 is 2.36 bits per heavy atom. The Labute approximate surface area is 80.5 Å². The molecule has 0 radical (unpaired) electrons. The average Bonchev–Trinajstić information content (AvgIpc) is 2.14. The number of carbonyl (C=O) groups excluding carboxylic acids is 1. The van der Waals surface area contributed by atoms with Gasteiger partial charge in [-0.1, -0.05) is 0 Å². The molecule has 14 heavy (non-hydrogen) atoms. The van der Waals surface area contributed by atoms with Gasteiger partial charge in [-0.25, -0.2) is 4.79 Å². The number of hydrogen-bond acceptors (Lipinski definition) is 4. The molecule has 2 aliphatic heterocycles. The van der Waals surface area contributed by atoms with Crippen LogP contribution in [0.1, 0.15) is 5.56 Å². The number of fused-ring (bicyclic) bond motifs is 2. The van der Waals surface area contributed by atoms with Gasteiger partial charge in [-0.3, -0.25) is 10.3 Å². The molecule has 1 amide bonds. The first kappa shape index (κ1) is 7.75. The molecule has 5 heteroatoms. The highest BCUT2D eigenvalue weighted by Gasteiger charge is 2.47. The Morgan fingerprint density at radius 3 is 3.07 bits per heavy atom. The van der Waals surface area contributed by atoms with Crippen LogP contribution in [0.3, 0.4) is 0 Å². The number of ether oxygens (including phenoxy) is 1. The largest absolute Gasteiger partial charge is 0.435 e. The van der Waals surface area contributed by atoms with Crippen molar-refractivity contribution in [2.24, 2.45) is 0 Å². The molecule has 1 aromatic heterocycles. The number of aromatic nitrogens is 1. The smallest absolute Gasteiger partial charge is 0.412 e. The van der Waals surface area contributed by atoms with E-state index in [1.54, 1.807) is 18.5 Å². The normalized spacial score (nSPS) is 21.9. The predicted octanol–water partition coefficient (Wildman–Crippen LogP) is 0.442. The number of pyridine rings is 1. The third-order valence-electron chi connectivity index (χ3n) is 2.66.